The van der Waals surface area contributed by atoms with Crippen LogP contribution in [0.4, 0.5) is 5.69 Å². The van der Waals surface area contributed by atoms with Crippen molar-refractivity contribution in [1.29, 1.82) is 0 Å². The molecule has 3 aromatic rings. The van der Waals surface area contributed by atoms with Crippen LogP contribution in [0.3, 0.4) is 0 Å². The predicted molar refractivity (Wildman–Crippen MR) is 104 cm³/mol. The predicted octanol–water partition coefficient (Wildman–Crippen LogP) is 1.86. The molecule has 0 radical (unpaired) electrons. The number of aromatic amines is 2. The Hall–Kier alpha value is -3.33. The standard InChI is InChI=1S/C18H14N4O4S/c23-16-17(24)20-15-12-9-21(18(27)10-4-2-1-3-5-10)7-6-11(12)14(22(25)26)8-13(15)19-16/h1-5,8H,6-7,9H2,(H,19,23)(H,20,24). The molecule has 136 valence electrons. The van der Waals surface area contributed by atoms with Gasteiger partial charge in [-0.3, -0.25) is 19.7 Å². The van der Waals surface area contributed by atoms with Crippen LogP contribution in [-0.2, 0) is 13.0 Å². The summed E-state index contributed by atoms with van der Waals surface area (Å²) in [5, 5.41) is 11.5. The SMILES string of the molecule is O=c1[nH]c2cc([N+](=O)[O-])c3c(c2[nH]c1=O)CN(C(=S)c1ccccc1)CC3. The second-order valence-electron chi connectivity index (χ2n) is 6.28. The van der Waals surface area contributed by atoms with E-state index in [4.69, 9.17) is 12.2 Å². The molecule has 2 N–H and O–H groups in total. The van der Waals surface area contributed by atoms with E-state index in [-0.39, 0.29) is 11.2 Å². The number of hydrogen-bond acceptors (Lipinski definition) is 5. The quantitative estimate of drug-likeness (QED) is 0.303. The summed E-state index contributed by atoms with van der Waals surface area (Å²) in [5.74, 6) is 0. The zero-order chi connectivity index (χ0) is 19.1. The van der Waals surface area contributed by atoms with Gasteiger partial charge in [0.25, 0.3) is 5.69 Å². The number of nitro benzene ring substituents is 1. The van der Waals surface area contributed by atoms with E-state index >= 15 is 0 Å². The summed E-state index contributed by atoms with van der Waals surface area (Å²) < 4.78 is 0. The average Bonchev–Trinajstić information content (AvgIpc) is 2.68. The van der Waals surface area contributed by atoms with Crippen molar-refractivity contribution < 1.29 is 4.92 Å². The number of benzene rings is 2. The third-order valence-electron chi connectivity index (χ3n) is 4.70. The molecule has 2 aromatic carbocycles. The van der Waals surface area contributed by atoms with Gasteiger partial charge in [-0.2, -0.15) is 0 Å². The van der Waals surface area contributed by atoms with E-state index in [0.29, 0.717) is 41.1 Å². The van der Waals surface area contributed by atoms with Crippen LogP contribution in [0.25, 0.3) is 11.0 Å². The molecule has 0 bridgehead atoms. The first-order valence-corrected chi connectivity index (χ1v) is 8.66. The monoisotopic (exact) mass is 382 g/mol. The Morgan fingerprint density at radius 3 is 2.52 bits per heavy atom. The van der Waals surface area contributed by atoms with Gasteiger partial charge in [0, 0.05) is 35.8 Å². The van der Waals surface area contributed by atoms with Crippen molar-refractivity contribution in [3.8, 4) is 0 Å². The number of nitrogens with zero attached hydrogens (tertiary/aromatic N) is 2. The Morgan fingerprint density at radius 1 is 1.11 bits per heavy atom. The molecule has 0 fully saturated rings. The summed E-state index contributed by atoms with van der Waals surface area (Å²) >= 11 is 5.59. The number of hydrogen-bond donors (Lipinski definition) is 2. The Kier molecular flexibility index (Phi) is 4.08. The Balaban J connectivity index is 1.87. The second kappa shape index (κ2) is 6.44. The van der Waals surface area contributed by atoms with E-state index in [1.165, 1.54) is 6.07 Å². The number of thiocarbonyl (C=S) groups is 1. The second-order valence-corrected chi connectivity index (χ2v) is 6.67. The minimum atomic E-state index is -0.843. The number of rotatable bonds is 2. The van der Waals surface area contributed by atoms with Crippen LogP contribution in [-0.4, -0.2) is 31.3 Å². The Labute approximate surface area is 157 Å². The highest BCUT2D eigenvalue weighted by Gasteiger charge is 2.28. The molecule has 0 unspecified atom stereocenters. The van der Waals surface area contributed by atoms with Gasteiger partial charge in [-0.05, 0) is 6.42 Å². The molecule has 0 saturated heterocycles. The minimum Gasteiger partial charge on any atom is -0.358 e. The van der Waals surface area contributed by atoms with Crippen LogP contribution in [0.5, 0.6) is 0 Å². The summed E-state index contributed by atoms with van der Waals surface area (Å²) in [6.45, 7) is 0.837. The molecule has 0 aliphatic carbocycles. The largest absolute Gasteiger partial charge is 0.358 e. The number of nitro groups is 1. The summed E-state index contributed by atoms with van der Waals surface area (Å²) in [4.78, 5) is 42.0. The van der Waals surface area contributed by atoms with Crippen LogP contribution in [0.1, 0.15) is 16.7 Å². The zero-order valence-electron chi connectivity index (χ0n) is 14.0. The maximum atomic E-state index is 11.8. The van der Waals surface area contributed by atoms with Crippen molar-refractivity contribution in [3.05, 3.63) is 83.9 Å². The van der Waals surface area contributed by atoms with E-state index in [9.17, 15) is 19.7 Å². The van der Waals surface area contributed by atoms with Crippen LogP contribution < -0.4 is 11.1 Å². The molecule has 9 heteroatoms. The van der Waals surface area contributed by atoms with Crippen LogP contribution >= 0.6 is 12.2 Å². The fourth-order valence-corrected chi connectivity index (χ4v) is 3.72. The molecule has 8 nitrogen and oxygen atoms in total. The first-order valence-electron chi connectivity index (χ1n) is 8.25. The van der Waals surface area contributed by atoms with Crippen LogP contribution in [0.15, 0.2) is 46.0 Å². The fourth-order valence-electron chi connectivity index (χ4n) is 3.42. The third-order valence-corrected chi connectivity index (χ3v) is 5.20. The molecule has 1 aliphatic rings. The normalized spacial score (nSPS) is 13.4. The molecule has 2 heterocycles. The molecular weight excluding hydrogens is 368 g/mol. The lowest BCUT2D eigenvalue weighted by Crippen LogP contribution is -2.36. The Morgan fingerprint density at radius 2 is 1.81 bits per heavy atom. The maximum Gasteiger partial charge on any atom is 0.314 e. The Bertz CT molecular complexity index is 1200. The van der Waals surface area contributed by atoms with Crippen LogP contribution in [0.2, 0.25) is 0 Å². The van der Waals surface area contributed by atoms with Gasteiger partial charge >= 0.3 is 11.1 Å². The summed E-state index contributed by atoms with van der Waals surface area (Å²) in [6, 6.07) is 10.8. The first-order chi connectivity index (χ1) is 13.0. The van der Waals surface area contributed by atoms with Gasteiger partial charge in [0.15, 0.2) is 0 Å². The molecule has 27 heavy (non-hydrogen) atoms. The van der Waals surface area contributed by atoms with Gasteiger partial charge in [-0.15, -0.1) is 0 Å². The van der Waals surface area contributed by atoms with Gasteiger partial charge in [-0.25, -0.2) is 0 Å². The minimum absolute atomic E-state index is 0.0644. The number of nitrogens with one attached hydrogen (secondary N) is 2. The van der Waals surface area contributed by atoms with Crippen molar-refractivity contribution >= 4 is 33.9 Å². The molecule has 0 saturated carbocycles. The molecule has 1 aromatic heterocycles. The molecule has 1 aliphatic heterocycles. The molecular formula is C18H14N4O4S. The highest BCUT2D eigenvalue weighted by Crippen LogP contribution is 2.33. The highest BCUT2D eigenvalue weighted by molar-refractivity contribution is 7.80. The van der Waals surface area contributed by atoms with E-state index in [1.807, 2.05) is 35.2 Å². The van der Waals surface area contributed by atoms with E-state index in [1.54, 1.807) is 0 Å². The smallest absolute Gasteiger partial charge is 0.314 e. The lowest BCUT2D eigenvalue weighted by molar-refractivity contribution is -0.385. The van der Waals surface area contributed by atoms with Gasteiger partial charge in [0.2, 0.25) is 0 Å². The van der Waals surface area contributed by atoms with E-state index in [0.717, 1.165) is 5.56 Å². The molecule has 4 rings (SSSR count). The van der Waals surface area contributed by atoms with Crippen molar-refractivity contribution in [3.63, 3.8) is 0 Å². The van der Waals surface area contributed by atoms with Crippen molar-refractivity contribution in [2.45, 2.75) is 13.0 Å². The van der Waals surface area contributed by atoms with Gasteiger partial charge in [0.1, 0.15) is 4.99 Å². The lowest BCUT2D eigenvalue weighted by Gasteiger charge is -2.31. The summed E-state index contributed by atoms with van der Waals surface area (Å²) in [7, 11) is 0. The van der Waals surface area contributed by atoms with Gasteiger partial charge in [0.05, 0.1) is 16.0 Å². The lowest BCUT2D eigenvalue weighted by atomic mass is 9.95. The highest BCUT2D eigenvalue weighted by atomic mass is 32.1. The van der Waals surface area contributed by atoms with Crippen molar-refractivity contribution in [2.75, 3.05) is 6.54 Å². The number of aromatic nitrogens is 2. The van der Waals surface area contributed by atoms with Crippen LogP contribution in [0, 0.1) is 10.1 Å². The first kappa shape index (κ1) is 17.1. The molecule has 0 spiro atoms. The molecule has 0 amide bonds. The van der Waals surface area contributed by atoms with Gasteiger partial charge in [-0.1, -0.05) is 42.5 Å². The number of fused-ring (bicyclic) bond motifs is 3. The summed E-state index contributed by atoms with van der Waals surface area (Å²) in [6.07, 6.45) is 0.412. The van der Waals surface area contributed by atoms with E-state index in [2.05, 4.69) is 9.97 Å². The molecule has 0 atom stereocenters. The fraction of sp³-hybridized carbons (Fsp3) is 0.167. The zero-order valence-corrected chi connectivity index (χ0v) is 14.8. The maximum absolute atomic E-state index is 11.8. The van der Waals surface area contributed by atoms with Crippen molar-refractivity contribution in [2.24, 2.45) is 0 Å². The third kappa shape index (κ3) is 2.91. The topological polar surface area (TPSA) is 112 Å². The van der Waals surface area contributed by atoms with Crippen molar-refractivity contribution in [1.82, 2.24) is 14.9 Å². The van der Waals surface area contributed by atoms with E-state index < -0.39 is 16.0 Å². The number of H-pyrrole nitrogens is 2. The summed E-state index contributed by atoms with van der Waals surface area (Å²) in [5.41, 5.74) is 0.987. The average molecular weight is 382 g/mol. The van der Waals surface area contributed by atoms with Gasteiger partial charge < -0.3 is 14.9 Å².